The summed E-state index contributed by atoms with van der Waals surface area (Å²) in [7, 11) is 0. The van der Waals surface area contributed by atoms with Crippen molar-refractivity contribution in [1.82, 2.24) is 0 Å². The molecule has 0 aliphatic heterocycles. The number of halogens is 1. The Hall–Kier alpha value is -1.41. The lowest BCUT2D eigenvalue weighted by Gasteiger charge is -2.24. The van der Waals surface area contributed by atoms with Gasteiger partial charge in [-0.3, -0.25) is 0 Å². The number of phenolic OH excluding ortho intramolecular Hbond substituents is 1. The van der Waals surface area contributed by atoms with E-state index < -0.39 is 0 Å². The van der Waals surface area contributed by atoms with E-state index in [1.54, 1.807) is 6.07 Å². The fraction of sp³-hybridized carbons (Fsp3) is 0.375. The molecule has 1 aliphatic carbocycles. The molecular weight excluding hydrogens is 258 g/mol. The number of nitrogens with one attached hydrogen (secondary N) is 1. The van der Waals surface area contributed by atoms with Gasteiger partial charge in [-0.15, -0.1) is 12.4 Å². The highest BCUT2D eigenvalue weighted by Crippen LogP contribution is 2.32. The van der Waals surface area contributed by atoms with Gasteiger partial charge < -0.3 is 10.4 Å². The SMILES string of the molecule is Cl.Oc1ccc(NC2CCCCC2)c2ccccc12. The van der Waals surface area contributed by atoms with Crippen LogP contribution in [0.15, 0.2) is 36.4 Å². The van der Waals surface area contributed by atoms with E-state index in [9.17, 15) is 5.11 Å². The largest absolute Gasteiger partial charge is 0.507 e. The first-order chi connectivity index (χ1) is 8.84. The van der Waals surface area contributed by atoms with Gasteiger partial charge in [0.1, 0.15) is 5.75 Å². The summed E-state index contributed by atoms with van der Waals surface area (Å²) in [5.74, 6) is 0.361. The maximum Gasteiger partial charge on any atom is 0.123 e. The Morgan fingerprint density at radius 3 is 2.32 bits per heavy atom. The average molecular weight is 278 g/mol. The van der Waals surface area contributed by atoms with E-state index in [-0.39, 0.29) is 12.4 Å². The van der Waals surface area contributed by atoms with Crippen LogP contribution in [0.3, 0.4) is 0 Å². The number of anilines is 1. The highest BCUT2D eigenvalue weighted by molar-refractivity contribution is 5.97. The van der Waals surface area contributed by atoms with E-state index in [2.05, 4.69) is 11.4 Å². The Labute approximate surface area is 120 Å². The van der Waals surface area contributed by atoms with E-state index in [0.29, 0.717) is 11.8 Å². The molecule has 0 radical (unpaired) electrons. The second-order valence-electron chi connectivity index (χ2n) is 5.16. The van der Waals surface area contributed by atoms with Crippen molar-refractivity contribution >= 4 is 28.9 Å². The summed E-state index contributed by atoms with van der Waals surface area (Å²) in [4.78, 5) is 0. The van der Waals surface area contributed by atoms with E-state index in [4.69, 9.17) is 0 Å². The Bertz CT molecular complexity index is 549. The van der Waals surface area contributed by atoms with Crippen LogP contribution < -0.4 is 5.32 Å². The average Bonchev–Trinajstić information content (AvgIpc) is 2.44. The van der Waals surface area contributed by atoms with E-state index in [0.717, 1.165) is 16.5 Å². The van der Waals surface area contributed by atoms with Gasteiger partial charge in [0, 0.05) is 22.5 Å². The Balaban J connectivity index is 0.00000133. The molecule has 0 atom stereocenters. The fourth-order valence-corrected chi connectivity index (χ4v) is 2.88. The first kappa shape index (κ1) is 14.0. The van der Waals surface area contributed by atoms with Crippen molar-refractivity contribution < 1.29 is 5.11 Å². The number of hydrogen-bond acceptors (Lipinski definition) is 2. The molecule has 2 N–H and O–H groups in total. The van der Waals surface area contributed by atoms with Gasteiger partial charge in [-0.25, -0.2) is 0 Å². The van der Waals surface area contributed by atoms with Gasteiger partial charge in [0.25, 0.3) is 0 Å². The van der Waals surface area contributed by atoms with Crippen molar-refractivity contribution in [2.75, 3.05) is 5.32 Å². The highest BCUT2D eigenvalue weighted by atomic mass is 35.5. The molecular formula is C16H20ClNO. The number of hydrogen-bond donors (Lipinski definition) is 2. The third-order valence-electron chi connectivity index (χ3n) is 3.87. The molecule has 0 bridgehead atoms. The predicted molar refractivity (Wildman–Crippen MR) is 83.4 cm³/mol. The number of aromatic hydroxyl groups is 1. The summed E-state index contributed by atoms with van der Waals surface area (Å²) in [5.41, 5.74) is 1.15. The minimum absolute atomic E-state index is 0. The Morgan fingerprint density at radius 1 is 0.895 bits per heavy atom. The molecule has 2 aromatic carbocycles. The fourth-order valence-electron chi connectivity index (χ4n) is 2.88. The molecule has 1 saturated carbocycles. The van der Waals surface area contributed by atoms with Crippen LogP contribution in [-0.2, 0) is 0 Å². The number of benzene rings is 2. The summed E-state index contributed by atoms with van der Waals surface area (Å²) >= 11 is 0. The van der Waals surface area contributed by atoms with Gasteiger partial charge >= 0.3 is 0 Å². The molecule has 0 amide bonds. The predicted octanol–water partition coefficient (Wildman–Crippen LogP) is 4.71. The summed E-state index contributed by atoms with van der Waals surface area (Å²) < 4.78 is 0. The lowest BCUT2D eigenvalue weighted by molar-refractivity contribution is 0.462. The minimum Gasteiger partial charge on any atom is -0.507 e. The molecule has 0 aromatic heterocycles. The Kier molecular flexibility index (Phi) is 4.54. The standard InChI is InChI=1S/C16H19NO.ClH/c18-16-11-10-15(13-8-4-5-9-14(13)16)17-12-6-2-1-3-7-12;/h4-5,8-12,17-18H,1-3,6-7H2;1H. The van der Waals surface area contributed by atoms with Gasteiger partial charge in [-0.2, -0.15) is 0 Å². The molecule has 2 aromatic rings. The van der Waals surface area contributed by atoms with E-state index >= 15 is 0 Å². The first-order valence-electron chi connectivity index (χ1n) is 6.82. The van der Waals surface area contributed by atoms with Gasteiger partial charge in [0.15, 0.2) is 0 Å². The lowest BCUT2D eigenvalue weighted by Crippen LogP contribution is -2.22. The lowest BCUT2D eigenvalue weighted by atomic mass is 9.95. The van der Waals surface area contributed by atoms with Crippen LogP contribution in [0.1, 0.15) is 32.1 Å². The topological polar surface area (TPSA) is 32.3 Å². The minimum atomic E-state index is 0. The third-order valence-corrected chi connectivity index (χ3v) is 3.87. The molecule has 0 saturated heterocycles. The molecule has 102 valence electrons. The van der Waals surface area contributed by atoms with Crippen LogP contribution in [0.25, 0.3) is 10.8 Å². The van der Waals surface area contributed by atoms with Crippen LogP contribution in [-0.4, -0.2) is 11.1 Å². The molecule has 0 heterocycles. The molecule has 0 spiro atoms. The number of fused-ring (bicyclic) bond motifs is 1. The van der Waals surface area contributed by atoms with Crippen LogP contribution in [0.5, 0.6) is 5.75 Å². The van der Waals surface area contributed by atoms with Crippen molar-refractivity contribution in [2.45, 2.75) is 38.1 Å². The van der Waals surface area contributed by atoms with Crippen LogP contribution in [0.4, 0.5) is 5.69 Å². The molecule has 3 rings (SSSR count). The smallest absolute Gasteiger partial charge is 0.123 e. The zero-order valence-electron chi connectivity index (χ0n) is 10.9. The molecule has 3 heteroatoms. The van der Waals surface area contributed by atoms with Crippen molar-refractivity contribution in [3.63, 3.8) is 0 Å². The zero-order chi connectivity index (χ0) is 12.4. The maximum atomic E-state index is 9.87. The molecule has 2 nitrogen and oxygen atoms in total. The number of phenols is 1. The van der Waals surface area contributed by atoms with Gasteiger partial charge in [-0.05, 0) is 25.0 Å². The first-order valence-corrected chi connectivity index (χ1v) is 6.82. The molecule has 19 heavy (non-hydrogen) atoms. The number of rotatable bonds is 2. The maximum absolute atomic E-state index is 9.87. The zero-order valence-corrected chi connectivity index (χ0v) is 11.7. The van der Waals surface area contributed by atoms with E-state index in [1.807, 2.05) is 24.3 Å². The quantitative estimate of drug-likeness (QED) is 0.779. The van der Waals surface area contributed by atoms with Crippen molar-refractivity contribution in [3.8, 4) is 5.75 Å². The summed E-state index contributed by atoms with van der Waals surface area (Å²) in [6, 6.07) is 12.4. The summed E-state index contributed by atoms with van der Waals surface area (Å²) in [6.07, 6.45) is 6.54. The Morgan fingerprint density at radius 2 is 1.58 bits per heavy atom. The summed E-state index contributed by atoms with van der Waals surface area (Å²) in [6.45, 7) is 0. The van der Waals surface area contributed by atoms with Gasteiger partial charge in [0.05, 0.1) is 0 Å². The normalized spacial score (nSPS) is 16.0. The van der Waals surface area contributed by atoms with Crippen LogP contribution in [0, 0.1) is 0 Å². The second kappa shape index (κ2) is 6.16. The van der Waals surface area contributed by atoms with E-state index in [1.165, 1.54) is 32.1 Å². The monoisotopic (exact) mass is 277 g/mol. The van der Waals surface area contributed by atoms with Crippen LogP contribution >= 0.6 is 12.4 Å². The second-order valence-corrected chi connectivity index (χ2v) is 5.16. The molecule has 0 unspecified atom stereocenters. The molecule has 1 fully saturated rings. The van der Waals surface area contributed by atoms with Gasteiger partial charge in [-0.1, -0.05) is 43.5 Å². The summed E-state index contributed by atoms with van der Waals surface area (Å²) in [5, 5.41) is 15.6. The van der Waals surface area contributed by atoms with Gasteiger partial charge in [0.2, 0.25) is 0 Å². The highest BCUT2D eigenvalue weighted by Gasteiger charge is 2.14. The van der Waals surface area contributed by atoms with Crippen molar-refractivity contribution in [1.29, 1.82) is 0 Å². The van der Waals surface area contributed by atoms with Crippen LogP contribution in [0.2, 0.25) is 0 Å². The third kappa shape index (κ3) is 2.95. The van der Waals surface area contributed by atoms with Crippen molar-refractivity contribution in [3.05, 3.63) is 36.4 Å². The van der Waals surface area contributed by atoms with Crippen molar-refractivity contribution in [2.24, 2.45) is 0 Å². The molecule has 1 aliphatic rings.